The first kappa shape index (κ1) is 12.0. The van der Waals surface area contributed by atoms with E-state index >= 15 is 0 Å². The van der Waals surface area contributed by atoms with Crippen LogP contribution in [0.3, 0.4) is 0 Å². The van der Waals surface area contributed by atoms with Crippen LogP contribution in [0.5, 0.6) is 0 Å². The van der Waals surface area contributed by atoms with Crippen LogP contribution in [0.15, 0.2) is 0 Å². The summed E-state index contributed by atoms with van der Waals surface area (Å²) in [7, 11) is 0. The second kappa shape index (κ2) is 5.75. The zero-order chi connectivity index (χ0) is 10.4. The molecule has 0 aromatic carbocycles. The summed E-state index contributed by atoms with van der Waals surface area (Å²) in [5, 5.41) is 8.97. The van der Waals surface area contributed by atoms with E-state index in [2.05, 4.69) is 13.8 Å². The lowest BCUT2D eigenvalue weighted by atomic mass is 9.63. The monoisotopic (exact) mass is 198 g/mol. The number of rotatable bonds is 5. The molecule has 0 amide bonds. The van der Waals surface area contributed by atoms with Crippen LogP contribution in [0.1, 0.15) is 65.2 Å². The molecule has 0 radical (unpaired) electrons. The fraction of sp³-hybridized carbons (Fsp3) is 1.00. The quantitative estimate of drug-likeness (QED) is 0.713. The van der Waals surface area contributed by atoms with Crippen molar-refractivity contribution in [2.24, 2.45) is 11.3 Å². The van der Waals surface area contributed by atoms with E-state index in [0.29, 0.717) is 12.0 Å². The molecule has 0 aromatic rings. The van der Waals surface area contributed by atoms with Gasteiger partial charge in [-0.1, -0.05) is 39.5 Å². The Balaban J connectivity index is 2.56. The van der Waals surface area contributed by atoms with Gasteiger partial charge in [0, 0.05) is 6.61 Å². The molecule has 1 fully saturated rings. The molecule has 1 aliphatic rings. The third-order valence-corrected chi connectivity index (χ3v) is 4.34. The van der Waals surface area contributed by atoms with Crippen LogP contribution in [0.2, 0.25) is 0 Å². The normalized spacial score (nSPS) is 23.4. The van der Waals surface area contributed by atoms with Crippen LogP contribution >= 0.6 is 0 Å². The lowest BCUT2D eigenvalue weighted by Gasteiger charge is -2.42. The largest absolute Gasteiger partial charge is 0.396 e. The van der Waals surface area contributed by atoms with Gasteiger partial charge in [0.2, 0.25) is 0 Å². The Morgan fingerprint density at radius 2 is 1.86 bits per heavy atom. The molecule has 14 heavy (non-hydrogen) atoms. The van der Waals surface area contributed by atoms with Gasteiger partial charge in [-0.25, -0.2) is 0 Å². The maximum atomic E-state index is 8.97. The Kier molecular flexibility index (Phi) is 4.94. The predicted molar refractivity (Wildman–Crippen MR) is 61.3 cm³/mol. The number of hydrogen-bond acceptors (Lipinski definition) is 1. The molecule has 84 valence electrons. The van der Waals surface area contributed by atoms with Gasteiger partial charge in [-0.15, -0.1) is 0 Å². The van der Waals surface area contributed by atoms with E-state index in [4.69, 9.17) is 5.11 Å². The van der Waals surface area contributed by atoms with Gasteiger partial charge in [0.15, 0.2) is 0 Å². The molecule has 0 saturated heterocycles. The first-order valence-corrected chi connectivity index (χ1v) is 6.36. The lowest BCUT2D eigenvalue weighted by Crippen LogP contribution is -2.31. The van der Waals surface area contributed by atoms with Crippen molar-refractivity contribution in [3.63, 3.8) is 0 Å². The van der Waals surface area contributed by atoms with Gasteiger partial charge < -0.3 is 5.11 Å². The van der Waals surface area contributed by atoms with Crippen LogP contribution < -0.4 is 0 Å². The molecule has 1 unspecified atom stereocenters. The Morgan fingerprint density at radius 1 is 1.21 bits per heavy atom. The summed E-state index contributed by atoms with van der Waals surface area (Å²) >= 11 is 0. The smallest absolute Gasteiger partial charge is 0.0431 e. The summed E-state index contributed by atoms with van der Waals surface area (Å²) < 4.78 is 0. The maximum absolute atomic E-state index is 8.97. The Labute approximate surface area is 88.9 Å². The summed E-state index contributed by atoms with van der Waals surface area (Å²) in [5.74, 6) is 0.842. The Bertz CT molecular complexity index is 147. The second-order valence-electron chi connectivity index (χ2n) is 5.06. The highest BCUT2D eigenvalue weighted by Gasteiger charge is 2.35. The van der Waals surface area contributed by atoms with Crippen molar-refractivity contribution < 1.29 is 5.11 Å². The van der Waals surface area contributed by atoms with Crippen LogP contribution in [0.4, 0.5) is 0 Å². The summed E-state index contributed by atoms with van der Waals surface area (Å²) in [6.07, 6.45) is 10.6. The van der Waals surface area contributed by atoms with E-state index < -0.39 is 0 Å². The second-order valence-corrected chi connectivity index (χ2v) is 5.06. The fourth-order valence-electron chi connectivity index (χ4n) is 3.11. The third kappa shape index (κ3) is 2.73. The van der Waals surface area contributed by atoms with Gasteiger partial charge in [-0.05, 0) is 37.0 Å². The van der Waals surface area contributed by atoms with E-state index in [0.717, 1.165) is 12.3 Å². The highest BCUT2D eigenvalue weighted by Crippen LogP contribution is 2.47. The highest BCUT2D eigenvalue weighted by molar-refractivity contribution is 4.86. The van der Waals surface area contributed by atoms with Crippen LogP contribution in [0, 0.1) is 11.3 Å². The minimum absolute atomic E-state index is 0.373. The Hall–Kier alpha value is -0.0400. The van der Waals surface area contributed by atoms with E-state index in [1.807, 2.05) is 0 Å². The molecular weight excluding hydrogens is 172 g/mol. The average Bonchev–Trinajstić information content (AvgIpc) is 2.26. The van der Waals surface area contributed by atoms with Crippen molar-refractivity contribution in [1.29, 1.82) is 0 Å². The van der Waals surface area contributed by atoms with Crippen molar-refractivity contribution in [2.45, 2.75) is 65.2 Å². The van der Waals surface area contributed by atoms with Crippen molar-refractivity contribution in [1.82, 2.24) is 0 Å². The molecule has 1 rings (SSSR count). The maximum Gasteiger partial charge on any atom is 0.0431 e. The molecule has 1 nitrogen and oxygen atoms in total. The van der Waals surface area contributed by atoms with Gasteiger partial charge in [-0.3, -0.25) is 0 Å². The van der Waals surface area contributed by atoms with Gasteiger partial charge in [0.25, 0.3) is 0 Å². The molecule has 0 aromatic heterocycles. The molecule has 1 saturated carbocycles. The molecule has 0 bridgehead atoms. The molecule has 0 aliphatic heterocycles. The van der Waals surface area contributed by atoms with E-state index in [-0.39, 0.29) is 0 Å². The number of aliphatic hydroxyl groups excluding tert-OH is 1. The number of aliphatic hydroxyl groups is 1. The topological polar surface area (TPSA) is 20.2 Å². The molecule has 1 N–H and O–H groups in total. The number of hydrogen-bond donors (Lipinski definition) is 1. The first-order chi connectivity index (χ1) is 6.75. The van der Waals surface area contributed by atoms with Gasteiger partial charge in [-0.2, -0.15) is 0 Å². The van der Waals surface area contributed by atoms with E-state index in [1.54, 1.807) is 0 Å². The fourth-order valence-corrected chi connectivity index (χ4v) is 3.11. The van der Waals surface area contributed by atoms with Crippen molar-refractivity contribution in [2.75, 3.05) is 6.61 Å². The van der Waals surface area contributed by atoms with Crippen molar-refractivity contribution in [3.05, 3.63) is 0 Å². The average molecular weight is 198 g/mol. The van der Waals surface area contributed by atoms with Gasteiger partial charge in [0.1, 0.15) is 0 Å². The SMILES string of the molecule is CCC(C)C1(CCCO)CCCCC1. The van der Waals surface area contributed by atoms with Gasteiger partial charge in [0.05, 0.1) is 0 Å². The molecule has 1 atom stereocenters. The molecule has 0 heterocycles. The van der Waals surface area contributed by atoms with Crippen LogP contribution in [-0.2, 0) is 0 Å². The first-order valence-electron chi connectivity index (χ1n) is 6.36. The predicted octanol–water partition coefficient (Wildman–Crippen LogP) is 3.76. The van der Waals surface area contributed by atoms with Crippen LogP contribution in [0.25, 0.3) is 0 Å². The Morgan fingerprint density at radius 3 is 2.36 bits per heavy atom. The zero-order valence-electron chi connectivity index (χ0n) is 9.89. The molecule has 0 spiro atoms. The minimum Gasteiger partial charge on any atom is -0.396 e. The molecule has 1 heteroatoms. The lowest BCUT2D eigenvalue weighted by molar-refractivity contribution is 0.0810. The molecule has 1 aliphatic carbocycles. The van der Waals surface area contributed by atoms with Crippen LogP contribution in [-0.4, -0.2) is 11.7 Å². The standard InChI is InChI=1S/C13H26O/c1-3-12(2)13(10-7-11-14)8-5-4-6-9-13/h12,14H,3-11H2,1-2H3. The van der Waals surface area contributed by atoms with Crippen molar-refractivity contribution >= 4 is 0 Å². The third-order valence-electron chi connectivity index (χ3n) is 4.34. The molecular formula is C13H26O. The van der Waals surface area contributed by atoms with E-state index in [9.17, 15) is 0 Å². The summed E-state index contributed by atoms with van der Waals surface area (Å²) in [6.45, 7) is 5.08. The zero-order valence-corrected chi connectivity index (χ0v) is 9.89. The highest BCUT2D eigenvalue weighted by atomic mass is 16.2. The minimum atomic E-state index is 0.373. The summed E-state index contributed by atoms with van der Waals surface area (Å²) in [6, 6.07) is 0. The summed E-state index contributed by atoms with van der Waals surface area (Å²) in [5.41, 5.74) is 0.579. The van der Waals surface area contributed by atoms with E-state index in [1.165, 1.54) is 44.9 Å². The van der Waals surface area contributed by atoms with Gasteiger partial charge >= 0.3 is 0 Å². The summed E-state index contributed by atoms with van der Waals surface area (Å²) in [4.78, 5) is 0. The van der Waals surface area contributed by atoms with Crippen molar-refractivity contribution in [3.8, 4) is 0 Å².